The van der Waals surface area contributed by atoms with Gasteiger partial charge in [-0.1, -0.05) is 12.1 Å². The molecule has 2 rings (SSSR count). The molecule has 0 bridgehead atoms. The maximum Gasteiger partial charge on any atom is 0.338 e. The predicted molar refractivity (Wildman–Crippen MR) is 109 cm³/mol. The Hall–Kier alpha value is -2.71. The Labute approximate surface area is 171 Å². The van der Waals surface area contributed by atoms with Crippen LogP contribution in [-0.2, 0) is 14.8 Å². The number of carbonyl (C=O) groups excluding carboxylic acids is 2. The highest BCUT2D eigenvalue weighted by atomic mass is 32.2. The molecule has 8 heteroatoms. The molecular formula is C21H25NO6S. The van der Waals surface area contributed by atoms with Gasteiger partial charge in [-0.3, -0.25) is 4.79 Å². The molecular weight excluding hydrogens is 394 g/mol. The van der Waals surface area contributed by atoms with Crippen molar-refractivity contribution >= 4 is 21.8 Å². The lowest BCUT2D eigenvalue weighted by Crippen LogP contribution is -2.25. The molecule has 7 nitrogen and oxygen atoms in total. The Kier molecular flexibility index (Phi) is 6.81. The minimum Gasteiger partial charge on any atom is -0.495 e. The van der Waals surface area contributed by atoms with E-state index in [0.717, 1.165) is 15.4 Å². The third kappa shape index (κ3) is 4.83. The van der Waals surface area contributed by atoms with Crippen molar-refractivity contribution in [2.24, 2.45) is 0 Å². The van der Waals surface area contributed by atoms with E-state index in [1.165, 1.54) is 46.3 Å². The van der Waals surface area contributed by atoms with Crippen molar-refractivity contribution in [3.8, 4) is 5.75 Å². The van der Waals surface area contributed by atoms with Gasteiger partial charge >= 0.3 is 5.97 Å². The quantitative estimate of drug-likeness (QED) is 0.506. The van der Waals surface area contributed by atoms with E-state index in [9.17, 15) is 18.0 Å². The van der Waals surface area contributed by atoms with E-state index in [1.807, 2.05) is 19.9 Å². The fourth-order valence-corrected chi connectivity index (χ4v) is 3.69. The Balaban J connectivity index is 2.28. The summed E-state index contributed by atoms with van der Waals surface area (Å²) in [4.78, 5) is 25.0. The number of ketones is 1. The molecule has 156 valence electrons. The summed E-state index contributed by atoms with van der Waals surface area (Å²) >= 11 is 0. The molecule has 0 aliphatic carbocycles. The predicted octanol–water partition coefficient (Wildman–Crippen LogP) is 2.99. The molecule has 0 spiro atoms. The van der Waals surface area contributed by atoms with Gasteiger partial charge in [-0.15, -0.1) is 0 Å². The van der Waals surface area contributed by atoms with Crippen molar-refractivity contribution in [2.45, 2.75) is 31.8 Å². The zero-order valence-electron chi connectivity index (χ0n) is 17.3. The molecule has 0 saturated heterocycles. The monoisotopic (exact) mass is 419 g/mol. The molecule has 0 radical (unpaired) electrons. The largest absolute Gasteiger partial charge is 0.495 e. The van der Waals surface area contributed by atoms with Crippen molar-refractivity contribution in [3.05, 3.63) is 58.7 Å². The second-order valence-electron chi connectivity index (χ2n) is 6.86. The van der Waals surface area contributed by atoms with E-state index in [-0.39, 0.29) is 22.0 Å². The van der Waals surface area contributed by atoms with Gasteiger partial charge in [-0.2, -0.15) is 0 Å². The number of sulfonamides is 1. The first-order chi connectivity index (χ1) is 13.5. The van der Waals surface area contributed by atoms with Crippen molar-refractivity contribution in [2.75, 3.05) is 21.2 Å². The van der Waals surface area contributed by atoms with Crippen LogP contribution in [0.1, 0.15) is 38.8 Å². The molecule has 0 aromatic heterocycles. The molecule has 0 heterocycles. The van der Waals surface area contributed by atoms with Crippen LogP contribution in [0.4, 0.5) is 0 Å². The van der Waals surface area contributed by atoms with E-state index < -0.39 is 22.1 Å². The minimum absolute atomic E-state index is 0.00552. The summed E-state index contributed by atoms with van der Waals surface area (Å²) in [6.45, 7) is 5.32. The van der Waals surface area contributed by atoms with E-state index in [2.05, 4.69) is 0 Å². The molecule has 0 amide bonds. The second kappa shape index (κ2) is 8.75. The van der Waals surface area contributed by atoms with Gasteiger partial charge in [0.15, 0.2) is 6.10 Å². The highest BCUT2D eigenvalue weighted by Gasteiger charge is 2.26. The van der Waals surface area contributed by atoms with Crippen LogP contribution in [0, 0.1) is 13.8 Å². The van der Waals surface area contributed by atoms with Crippen LogP contribution < -0.4 is 4.74 Å². The van der Waals surface area contributed by atoms with Crippen molar-refractivity contribution in [1.82, 2.24) is 4.31 Å². The van der Waals surface area contributed by atoms with Crippen molar-refractivity contribution in [3.63, 3.8) is 0 Å². The number of carbonyl (C=O) groups is 2. The van der Waals surface area contributed by atoms with E-state index >= 15 is 0 Å². The molecule has 1 atom stereocenters. The van der Waals surface area contributed by atoms with Crippen LogP contribution in [0.25, 0.3) is 0 Å². The summed E-state index contributed by atoms with van der Waals surface area (Å²) in [5.41, 5.74) is 2.46. The van der Waals surface area contributed by atoms with E-state index in [0.29, 0.717) is 5.56 Å². The molecule has 0 N–H and O–H groups in total. The van der Waals surface area contributed by atoms with Crippen LogP contribution in [0.2, 0.25) is 0 Å². The molecule has 0 unspecified atom stereocenters. The zero-order chi connectivity index (χ0) is 21.9. The number of aryl methyl sites for hydroxylation is 2. The van der Waals surface area contributed by atoms with Crippen LogP contribution >= 0.6 is 0 Å². The third-order valence-corrected chi connectivity index (χ3v) is 6.44. The van der Waals surface area contributed by atoms with Crippen LogP contribution in [0.3, 0.4) is 0 Å². The Morgan fingerprint density at radius 2 is 1.59 bits per heavy atom. The average molecular weight is 419 g/mol. The normalized spacial score (nSPS) is 12.5. The van der Waals surface area contributed by atoms with Gasteiger partial charge in [0.1, 0.15) is 10.6 Å². The molecule has 29 heavy (non-hydrogen) atoms. The Bertz CT molecular complexity index is 1040. The molecule has 0 saturated carbocycles. The average Bonchev–Trinajstić information content (AvgIpc) is 2.68. The van der Waals surface area contributed by atoms with Gasteiger partial charge in [-0.25, -0.2) is 17.5 Å². The maximum absolute atomic E-state index is 12.6. The third-order valence-electron chi connectivity index (χ3n) is 4.60. The van der Waals surface area contributed by atoms with Gasteiger partial charge in [0, 0.05) is 19.7 Å². The summed E-state index contributed by atoms with van der Waals surface area (Å²) in [5.74, 6) is -1.03. The topological polar surface area (TPSA) is 90.0 Å². The lowest BCUT2D eigenvalue weighted by molar-refractivity contribution is 0.0318. The summed E-state index contributed by atoms with van der Waals surface area (Å²) in [5, 5.41) is 0. The van der Waals surface area contributed by atoms with Gasteiger partial charge in [0.2, 0.25) is 15.8 Å². The van der Waals surface area contributed by atoms with Crippen LogP contribution in [0.5, 0.6) is 5.75 Å². The molecule has 0 aliphatic heterocycles. The van der Waals surface area contributed by atoms with Gasteiger partial charge in [0.05, 0.1) is 12.7 Å². The molecule has 2 aromatic carbocycles. The number of methoxy groups -OCH3 is 1. The van der Waals surface area contributed by atoms with E-state index in [1.54, 1.807) is 12.1 Å². The highest BCUT2D eigenvalue weighted by molar-refractivity contribution is 7.89. The van der Waals surface area contributed by atoms with Crippen molar-refractivity contribution in [1.29, 1.82) is 0 Å². The minimum atomic E-state index is -3.84. The first-order valence-electron chi connectivity index (χ1n) is 8.92. The maximum atomic E-state index is 12.6. The lowest BCUT2D eigenvalue weighted by Gasteiger charge is -2.16. The van der Waals surface area contributed by atoms with Gasteiger partial charge < -0.3 is 9.47 Å². The summed E-state index contributed by atoms with van der Waals surface area (Å²) < 4.78 is 36.4. The molecule has 0 aliphatic rings. The summed E-state index contributed by atoms with van der Waals surface area (Å²) in [6, 6.07) is 9.22. The lowest BCUT2D eigenvalue weighted by atomic mass is 10.0. The van der Waals surface area contributed by atoms with Gasteiger partial charge in [0.25, 0.3) is 0 Å². The zero-order valence-corrected chi connectivity index (χ0v) is 18.2. The van der Waals surface area contributed by atoms with Crippen LogP contribution in [0.15, 0.2) is 41.3 Å². The Morgan fingerprint density at radius 1 is 0.966 bits per heavy atom. The van der Waals surface area contributed by atoms with E-state index in [4.69, 9.17) is 9.47 Å². The summed E-state index contributed by atoms with van der Waals surface area (Å²) in [7, 11) is 0.259. The number of nitrogens with zero attached hydrogens (tertiary/aromatic N) is 1. The fourth-order valence-electron chi connectivity index (χ4n) is 2.61. The smallest absolute Gasteiger partial charge is 0.338 e. The van der Waals surface area contributed by atoms with Crippen molar-refractivity contribution < 1.29 is 27.5 Å². The fraction of sp³-hybridized carbons (Fsp3) is 0.333. The number of hydrogen-bond donors (Lipinski definition) is 0. The molecule has 0 fully saturated rings. The SMILES string of the molecule is COc1ccc(C(=O)O[C@@H](C)C(=O)c2ccc(C)c(C)c2)cc1S(=O)(=O)N(C)C. The second-order valence-corrected chi connectivity index (χ2v) is 8.98. The number of esters is 1. The number of hydrogen-bond acceptors (Lipinski definition) is 6. The summed E-state index contributed by atoms with van der Waals surface area (Å²) in [6.07, 6.45) is -1.03. The first-order valence-corrected chi connectivity index (χ1v) is 10.4. The number of ether oxygens (including phenoxy) is 2. The highest BCUT2D eigenvalue weighted by Crippen LogP contribution is 2.27. The molecule has 2 aromatic rings. The van der Waals surface area contributed by atoms with Gasteiger partial charge in [-0.05, 0) is 56.2 Å². The Morgan fingerprint density at radius 3 is 2.14 bits per heavy atom. The van der Waals surface area contributed by atoms with Crippen LogP contribution in [-0.4, -0.2) is 51.8 Å². The standard InChI is InChI=1S/C21H25NO6S/c1-13-7-8-16(11-14(13)2)20(23)15(3)28-21(24)17-9-10-18(27-6)19(12-17)29(25,26)22(4)5/h7-12,15H,1-6H3/t15-/m0/s1. The first kappa shape index (κ1) is 22.6. The number of rotatable bonds is 7. The number of benzene rings is 2. The number of Topliss-reactive ketones (excluding diaryl/α,β-unsaturated/α-hetero) is 1.